The van der Waals surface area contributed by atoms with Gasteiger partial charge in [0.05, 0.1) is 22.2 Å². The van der Waals surface area contributed by atoms with Crippen LogP contribution in [0.15, 0.2) is 47.4 Å². The number of carbonyl (C=O) groups is 2. The highest BCUT2D eigenvalue weighted by Crippen LogP contribution is 2.38. The zero-order chi connectivity index (χ0) is 24.6. The predicted octanol–water partition coefficient (Wildman–Crippen LogP) is 2.51. The molecule has 2 unspecified atom stereocenters. The normalized spacial score (nSPS) is 19.5. The Morgan fingerprint density at radius 3 is 2.30 bits per heavy atom. The Labute approximate surface area is 188 Å². The van der Waals surface area contributed by atoms with Crippen LogP contribution in [0.2, 0.25) is 0 Å². The maximum atomic E-state index is 13.0. The van der Waals surface area contributed by atoms with Gasteiger partial charge in [-0.25, -0.2) is 13.9 Å². The standard InChI is InChI=1S/C21H22F3N3O5S/c1-3-27-12(2)18(20(29)26-30)33(31,32)17-9-6-14(10-16(17)27)19(28)25-11-13-4-7-15(8-5-13)21(22,23)24/h4-10,12,18,30H,3,11H2,1-2H3,(H,25,28)(H,26,29). The van der Waals surface area contributed by atoms with Crippen LogP contribution in [0.5, 0.6) is 0 Å². The van der Waals surface area contributed by atoms with Gasteiger partial charge in [-0.05, 0) is 49.7 Å². The first-order valence-corrected chi connectivity index (χ1v) is 11.5. The third-order valence-corrected chi connectivity index (χ3v) is 7.78. The molecule has 0 saturated carbocycles. The van der Waals surface area contributed by atoms with E-state index in [0.29, 0.717) is 12.1 Å². The molecule has 0 radical (unpaired) electrons. The molecule has 2 aromatic rings. The van der Waals surface area contributed by atoms with Crippen molar-refractivity contribution >= 4 is 27.3 Å². The van der Waals surface area contributed by atoms with Crippen LogP contribution in [-0.4, -0.2) is 43.3 Å². The molecule has 3 N–H and O–H groups in total. The smallest absolute Gasteiger partial charge is 0.366 e. The van der Waals surface area contributed by atoms with E-state index in [1.165, 1.54) is 42.7 Å². The van der Waals surface area contributed by atoms with Crippen molar-refractivity contribution in [3.05, 3.63) is 59.2 Å². The van der Waals surface area contributed by atoms with Crippen LogP contribution < -0.4 is 15.7 Å². The maximum Gasteiger partial charge on any atom is 0.416 e. The molecule has 0 bridgehead atoms. The van der Waals surface area contributed by atoms with Gasteiger partial charge in [-0.1, -0.05) is 12.1 Å². The van der Waals surface area contributed by atoms with Crippen molar-refractivity contribution in [1.82, 2.24) is 10.8 Å². The average Bonchev–Trinajstić information content (AvgIpc) is 2.76. The molecule has 0 saturated heterocycles. The molecule has 2 atom stereocenters. The molecule has 0 aromatic heterocycles. The molecule has 2 aromatic carbocycles. The van der Waals surface area contributed by atoms with Crippen LogP contribution >= 0.6 is 0 Å². The summed E-state index contributed by atoms with van der Waals surface area (Å²) in [6.07, 6.45) is -4.45. The van der Waals surface area contributed by atoms with E-state index in [9.17, 15) is 31.2 Å². The Bertz CT molecular complexity index is 1170. The van der Waals surface area contributed by atoms with E-state index in [4.69, 9.17) is 5.21 Å². The van der Waals surface area contributed by atoms with Crippen molar-refractivity contribution in [2.45, 2.75) is 42.8 Å². The third-order valence-electron chi connectivity index (χ3n) is 5.54. The lowest BCUT2D eigenvalue weighted by Crippen LogP contribution is -2.56. The SMILES string of the molecule is CCN1c2cc(C(=O)NCc3ccc(C(F)(F)F)cc3)ccc2S(=O)(=O)C(C(=O)NO)C1C. The summed E-state index contributed by atoms with van der Waals surface area (Å²) in [6.45, 7) is 3.58. The van der Waals surface area contributed by atoms with Gasteiger partial charge >= 0.3 is 6.18 Å². The fraction of sp³-hybridized carbons (Fsp3) is 0.333. The van der Waals surface area contributed by atoms with Gasteiger partial charge < -0.3 is 10.2 Å². The van der Waals surface area contributed by atoms with Gasteiger partial charge in [0.1, 0.15) is 0 Å². The van der Waals surface area contributed by atoms with Gasteiger partial charge in [-0.2, -0.15) is 13.2 Å². The molecule has 178 valence electrons. The Morgan fingerprint density at radius 1 is 1.12 bits per heavy atom. The second-order valence-electron chi connectivity index (χ2n) is 7.53. The fourth-order valence-corrected chi connectivity index (χ4v) is 5.88. The number of anilines is 1. The van der Waals surface area contributed by atoms with Gasteiger partial charge in [0.2, 0.25) is 0 Å². The average molecular weight is 485 g/mol. The fourth-order valence-electron chi connectivity index (χ4n) is 3.88. The molecule has 1 aliphatic rings. The maximum absolute atomic E-state index is 13.0. The van der Waals surface area contributed by atoms with E-state index in [1.807, 2.05) is 0 Å². The zero-order valence-corrected chi connectivity index (χ0v) is 18.5. The number of benzene rings is 2. The number of halogens is 3. The first-order valence-electron chi connectivity index (χ1n) is 9.94. The number of carbonyl (C=O) groups excluding carboxylic acids is 2. The molecule has 33 heavy (non-hydrogen) atoms. The number of nitrogens with zero attached hydrogens (tertiary/aromatic N) is 1. The molecule has 3 rings (SSSR count). The summed E-state index contributed by atoms with van der Waals surface area (Å²) in [5.41, 5.74) is 1.45. The van der Waals surface area contributed by atoms with Gasteiger partial charge in [-0.3, -0.25) is 14.8 Å². The van der Waals surface area contributed by atoms with Crippen molar-refractivity contribution in [1.29, 1.82) is 0 Å². The number of fused-ring (bicyclic) bond motifs is 1. The monoisotopic (exact) mass is 485 g/mol. The van der Waals surface area contributed by atoms with Crippen LogP contribution in [0, 0.1) is 0 Å². The lowest BCUT2D eigenvalue weighted by molar-refractivity contribution is -0.137. The highest BCUT2D eigenvalue weighted by Gasteiger charge is 2.46. The number of sulfone groups is 1. The number of rotatable bonds is 5. The lowest BCUT2D eigenvalue weighted by Gasteiger charge is -2.40. The van der Waals surface area contributed by atoms with Gasteiger partial charge in [0, 0.05) is 18.7 Å². The van der Waals surface area contributed by atoms with E-state index in [1.54, 1.807) is 11.8 Å². The summed E-state index contributed by atoms with van der Waals surface area (Å²) in [7, 11) is -4.14. The Morgan fingerprint density at radius 2 is 1.76 bits per heavy atom. The van der Waals surface area contributed by atoms with Gasteiger partial charge in [0.15, 0.2) is 15.1 Å². The second-order valence-corrected chi connectivity index (χ2v) is 9.57. The number of hydroxylamine groups is 1. The molecule has 1 heterocycles. The molecule has 0 fully saturated rings. The zero-order valence-electron chi connectivity index (χ0n) is 17.7. The summed E-state index contributed by atoms with van der Waals surface area (Å²) in [5.74, 6) is -1.60. The highest BCUT2D eigenvalue weighted by molar-refractivity contribution is 7.93. The van der Waals surface area contributed by atoms with E-state index >= 15 is 0 Å². The van der Waals surface area contributed by atoms with E-state index in [-0.39, 0.29) is 22.7 Å². The Kier molecular flexibility index (Phi) is 6.70. The van der Waals surface area contributed by atoms with Crippen LogP contribution in [0.25, 0.3) is 0 Å². The molecule has 8 nitrogen and oxygen atoms in total. The molecule has 1 aliphatic heterocycles. The van der Waals surface area contributed by atoms with Crippen LogP contribution in [0.1, 0.15) is 35.3 Å². The Balaban J connectivity index is 1.85. The minimum atomic E-state index is -4.45. The van der Waals surface area contributed by atoms with Crippen molar-refractivity contribution in [3.63, 3.8) is 0 Å². The predicted molar refractivity (Wildman–Crippen MR) is 112 cm³/mol. The topological polar surface area (TPSA) is 116 Å². The van der Waals surface area contributed by atoms with Gasteiger partial charge in [-0.15, -0.1) is 0 Å². The molecular weight excluding hydrogens is 463 g/mol. The minimum Gasteiger partial charge on any atom is -0.366 e. The number of nitrogens with one attached hydrogen (secondary N) is 2. The van der Waals surface area contributed by atoms with Crippen molar-refractivity contribution in [3.8, 4) is 0 Å². The van der Waals surface area contributed by atoms with Crippen molar-refractivity contribution in [2.24, 2.45) is 0 Å². The summed E-state index contributed by atoms with van der Waals surface area (Å²) < 4.78 is 64.0. The molecule has 0 spiro atoms. The number of hydrogen-bond acceptors (Lipinski definition) is 6. The Hall–Kier alpha value is -3.12. The van der Waals surface area contributed by atoms with Crippen molar-refractivity contribution < 1.29 is 36.4 Å². The van der Waals surface area contributed by atoms with E-state index in [2.05, 4.69) is 5.32 Å². The number of amides is 2. The lowest BCUT2D eigenvalue weighted by atomic mass is 10.1. The highest BCUT2D eigenvalue weighted by atomic mass is 32.2. The first-order chi connectivity index (χ1) is 15.4. The number of hydrogen-bond donors (Lipinski definition) is 3. The molecule has 0 aliphatic carbocycles. The van der Waals surface area contributed by atoms with Gasteiger partial charge in [0.25, 0.3) is 11.8 Å². The number of alkyl halides is 3. The summed E-state index contributed by atoms with van der Waals surface area (Å²) >= 11 is 0. The van der Waals surface area contributed by atoms with Crippen LogP contribution in [0.4, 0.5) is 18.9 Å². The van der Waals surface area contributed by atoms with Crippen LogP contribution in [0.3, 0.4) is 0 Å². The third kappa shape index (κ3) is 4.67. The van der Waals surface area contributed by atoms with Crippen molar-refractivity contribution in [2.75, 3.05) is 11.4 Å². The minimum absolute atomic E-state index is 0.0288. The summed E-state index contributed by atoms with van der Waals surface area (Å²) in [6, 6.07) is 7.45. The largest absolute Gasteiger partial charge is 0.416 e. The van der Waals surface area contributed by atoms with E-state index < -0.39 is 44.7 Å². The summed E-state index contributed by atoms with van der Waals surface area (Å²) in [5, 5.41) is 10.0. The quantitative estimate of drug-likeness (QED) is 0.443. The molecule has 2 amide bonds. The molecular formula is C21H22F3N3O5S. The first kappa shape index (κ1) is 24.5. The van der Waals surface area contributed by atoms with Crippen LogP contribution in [-0.2, 0) is 27.4 Å². The molecule has 12 heteroatoms. The summed E-state index contributed by atoms with van der Waals surface area (Å²) in [4.78, 5) is 26.2. The van der Waals surface area contributed by atoms with E-state index in [0.717, 1.165) is 12.1 Å². The second kappa shape index (κ2) is 9.02.